The molecule has 106 valence electrons. The predicted molar refractivity (Wildman–Crippen MR) is 77.6 cm³/mol. The summed E-state index contributed by atoms with van der Waals surface area (Å²) in [6.07, 6.45) is 4.55. The maximum absolute atomic E-state index is 12.5. The van der Waals surface area contributed by atoms with Gasteiger partial charge in [-0.1, -0.05) is 18.6 Å². The maximum Gasteiger partial charge on any atom is 0.143 e. The van der Waals surface area contributed by atoms with Gasteiger partial charge in [0.1, 0.15) is 11.5 Å². The Morgan fingerprint density at radius 2 is 2.25 bits per heavy atom. The molecule has 0 aromatic heterocycles. The van der Waals surface area contributed by atoms with E-state index in [1.165, 1.54) is 0 Å². The highest BCUT2D eigenvalue weighted by Crippen LogP contribution is 2.41. The van der Waals surface area contributed by atoms with Gasteiger partial charge in [-0.25, -0.2) is 0 Å². The van der Waals surface area contributed by atoms with Crippen molar-refractivity contribution in [1.82, 2.24) is 0 Å². The third-order valence-electron chi connectivity index (χ3n) is 4.15. The van der Waals surface area contributed by atoms with E-state index in [-0.39, 0.29) is 5.78 Å². The summed E-state index contributed by atoms with van der Waals surface area (Å²) in [5.41, 5.74) is 0.546. The van der Waals surface area contributed by atoms with Crippen LogP contribution in [0.25, 0.3) is 0 Å². The SMILES string of the molecule is CCOc1cccc(C2(CCC#N)CCCCC2=O)c1. The molecular weight excluding hydrogens is 250 g/mol. The summed E-state index contributed by atoms with van der Waals surface area (Å²) in [6, 6.07) is 10.0. The molecule has 0 radical (unpaired) electrons. The summed E-state index contributed by atoms with van der Waals surface area (Å²) in [5, 5.41) is 8.90. The molecule has 1 aromatic carbocycles. The minimum atomic E-state index is -0.471. The Hall–Kier alpha value is -1.82. The monoisotopic (exact) mass is 271 g/mol. The van der Waals surface area contributed by atoms with Gasteiger partial charge in [0.15, 0.2) is 0 Å². The number of carbonyl (C=O) groups is 1. The van der Waals surface area contributed by atoms with Crippen LogP contribution < -0.4 is 4.74 Å². The third-order valence-corrected chi connectivity index (χ3v) is 4.15. The Morgan fingerprint density at radius 1 is 1.40 bits per heavy atom. The quantitative estimate of drug-likeness (QED) is 0.819. The lowest BCUT2D eigenvalue weighted by Gasteiger charge is -2.36. The molecule has 0 amide bonds. The van der Waals surface area contributed by atoms with E-state index in [0.717, 1.165) is 30.6 Å². The summed E-state index contributed by atoms with van der Waals surface area (Å²) >= 11 is 0. The minimum absolute atomic E-state index is 0.285. The zero-order valence-corrected chi connectivity index (χ0v) is 12.0. The molecule has 0 N–H and O–H groups in total. The molecule has 3 heteroatoms. The van der Waals surface area contributed by atoms with Gasteiger partial charge in [-0.15, -0.1) is 0 Å². The van der Waals surface area contributed by atoms with Gasteiger partial charge in [0.05, 0.1) is 18.1 Å². The van der Waals surface area contributed by atoms with Crippen LogP contribution >= 0.6 is 0 Å². The van der Waals surface area contributed by atoms with Crippen LogP contribution in [0.4, 0.5) is 0 Å². The topological polar surface area (TPSA) is 50.1 Å². The van der Waals surface area contributed by atoms with E-state index in [2.05, 4.69) is 6.07 Å². The third kappa shape index (κ3) is 2.85. The standard InChI is InChI=1S/C17H21NO2/c1-2-20-15-8-5-7-14(13-15)17(11-6-12-18)10-4-3-9-16(17)19/h5,7-8,13H,2-4,6,9-11H2,1H3. The number of nitriles is 1. The average Bonchev–Trinajstić information content (AvgIpc) is 2.47. The fourth-order valence-electron chi connectivity index (χ4n) is 3.12. The zero-order valence-electron chi connectivity index (χ0n) is 12.0. The number of rotatable bonds is 5. The molecule has 1 aliphatic carbocycles. The number of benzene rings is 1. The van der Waals surface area contributed by atoms with Gasteiger partial charge in [0.25, 0.3) is 0 Å². The van der Waals surface area contributed by atoms with Gasteiger partial charge >= 0.3 is 0 Å². The molecule has 3 nitrogen and oxygen atoms in total. The highest BCUT2D eigenvalue weighted by atomic mass is 16.5. The van der Waals surface area contributed by atoms with Gasteiger partial charge in [0.2, 0.25) is 0 Å². The summed E-state index contributed by atoms with van der Waals surface area (Å²) in [7, 11) is 0. The molecule has 0 heterocycles. The molecule has 1 atom stereocenters. The first-order valence-electron chi connectivity index (χ1n) is 7.36. The first-order valence-corrected chi connectivity index (χ1v) is 7.36. The van der Waals surface area contributed by atoms with Crippen molar-refractivity contribution in [2.45, 2.75) is 50.9 Å². The fourth-order valence-corrected chi connectivity index (χ4v) is 3.12. The zero-order chi connectivity index (χ0) is 14.4. The first-order chi connectivity index (χ1) is 9.73. The van der Waals surface area contributed by atoms with Gasteiger partial charge < -0.3 is 4.74 Å². The van der Waals surface area contributed by atoms with Crippen LogP contribution in [0.1, 0.15) is 51.0 Å². The van der Waals surface area contributed by atoms with Crippen molar-refractivity contribution >= 4 is 5.78 Å². The predicted octanol–water partition coefficient (Wildman–Crippen LogP) is 3.77. The smallest absolute Gasteiger partial charge is 0.143 e. The number of hydrogen-bond acceptors (Lipinski definition) is 3. The molecule has 0 saturated heterocycles. The molecular formula is C17H21NO2. The van der Waals surface area contributed by atoms with Crippen molar-refractivity contribution in [3.63, 3.8) is 0 Å². The van der Waals surface area contributed by atoms with E-state index < -0.39 is 5.41 Å². The molecule has 1 saturated carbocycles. The second-order valence-corrected chi connectivity index (χ2v) is 5.33. The Morgan fingerprint density at radius 3 is 2.95 bits per heavy atom. The summed E-state index contributed by atoms with van der Waals surface area (Å²) in [5.74, 6) is 1.09. The van der Waals surface area contributed by atoms with Crippen LogP contribution in [0.2, 0.25) is 0 Å². The number of ether oxygens (including phenoxy) is 1. The van der Waals surface area contributed by atoms with Crippen LogP contribution in [-0.4, -0.2) is 12.4 Å². The number of ketones is 1. The van der Waals surface area contributed by atoms with Crippen molar-refractivity contribution < 1.29 is 9.53 Å². The summed E-state index contributed by atoms with van der Waals surface area (Å²) < 4.78 is 5.55. The van der Waals surface area contributed by atoms with Crippen LogP contribution in [-0.2, 0) is 10.2 Å². The normalized spacial score (nSPS) is 22.3. The lowest BCUT2D eigenvalue weighted by atomic mass is 9.66. The van der Waals surface area contributed by atoms with Gasteiger partial charge in [-0.2, -0.15) is 5.26 Å². The lowest BCUT2D eigenvalue weighted by molar-refractivity contribution is -0.126. The van der Waals surface area contributed by atoms with Crippen LogP contribution in [0, 0.1) is 11.3 Å². The average molecular weight is 271 g/mol. The highest BCUT2D eigenvalue weighted by Gasteiger charge is 2.40. The number of hydrogen-bond donors (Lipinski definition) is 0. The van der Waals surface area contributed by atoms with Crippen molar-refractivity contribution in [2.75, 3.05) is 6.61 Å². The van der Waals surface area contributed by atoms with Crippen LogP contribution in [0.3, 0.4) is 0 Å². The van der Waals surface area contributed by atoms with E-state index in [1.54, 1.807) is 0 Å². The Balaban J connectivity index is 2.37. The lowest BCUT2D eigenvalue weighted by Crippen LogP contribution is -2.38. The molecule has 0 bridgehead atoms. The number of carbonyl (C=O) groups excluding carboxylic acids is 1. The van der Waals surface area contributed by atoms with E-state index >= 15 is 0 Å². The van der Waals surface area contributed by atoms with Crippen LogP contribution in [0.5, 0.6) is 5.75 Å². The van der Waals surface area contributed by atoms with Gasteiger partial charge in [-0.3, -0.25) is 4.79 Å². The Kier molecular flexibility index (Phi) is 4.79. The molecule has 1 fully saturated rings. The molecule has 2 rings (SSSR count). The number of nitrogens with zero attached hydrogens (tertiary/aromatic N) is 1. The second-order valence-electron chi connectivity index (χ2n) is 5.33. The van der Waals surface area contributed by atoms with E-state index in [4.69, 9.17) is 10.00 Å². The maximum atomic E-state index is 12.5. The molecule has 1 aliphatic rings. The van der Waals surface area contributed by atoms with Crippen molar-refractivity contribution in [3.8, 4) is 11.8 Å². The number of Topliss-reactive ketones (excluding diaryl/α,β-unsaturated/α-hetero) is 1. The van der Waals surface area contributed by atoms with E-state index in [1.807, 2.05) is 31.2 Å². The Labute approximate surface area is 120 Å². The molecule has 1 unspecified atom stereocenters. The largest absolute Gasteiger partial charge is 0.494 e. The Bertz CT molecular complexity index is 518. The first kappa shape index (κ1) is 14.6. The van der Waals surface area contributed by atoms with Gasteiger partial charge in [0, 0.05) is 12.8 Å². The molecule has 0 spiro atoms. The van der Waals surface area contributed by atoms with Crippen molar-refractivity contribution in [2.24, 2.45) is 0 Å². The van der Waals surface area contributed by atoms with Crippen LogP contribution in [0.15, 0.2) is 24.3 Å². The van der Waals surface area contributed by atoms with Crippen molar-refractivity contribution in [1.29, 1.82) is 5.26 Å². The highest BCUT2D eigenvalue weighted by molar-refractivity contribution is 5.91. The fraction of sp³-hybridized carbons (Fsp3) is 0.529. The second kappa shape index (κ2) is 6.56. The molecule has 0 aliphatic heterocycles. The van der Waals surface area contributed by atoms with E-state index in [0.29, 0.717) is 25.9 Å². The molecule has 1 aromatic rings. The summed E-state index contributed by atoms with van der Waals surface area (Å²) in [6.45, 7) is 2.56. The van der Waals surface area contributed by atoms with E-state index in [9.17, 15) is 4.79 Å². The minimum Gasteiger partial charge on any atom is -0.494 e. The van der Waals surface area contributed by atoms with Crippen molar-refractivity contribution in [3.05, 3.63) is 29.8 Å². The summed E-state index contributed by atoms with van der Waals surface area (Å²) in [4.78, 5) is 12.5. The molecule has 20 heavy (non-hydrogen) atoms. The van der Waals surface area contributed by atoms with Gasteiger partial charge in [-0.05, 0) is 43.9 Å².